The van der Waals surface area contributed by atoms with Gasteiger partial charge in [-0.1, -0.05) is 6.07 Å². The van der Waals surface area contributed by atoms with Gasteiger partial charge in [-0.05, 0) is 26.0 Å². The summed E-state index contributed by atoms with van der Waals surface area (Å²) in [5.74, 6) is -0.0685. The second-order valence-corrected chi connectivity index (χ2v) is 4.27. The lowest BCUT2D eigenvalue weighted by Gasteiger charge is -2.20. The minimum absolute atomic E-state index is 0.371. The molecule has 0 spiro atoms. The van der Waals surface area contributed by atoms with Crippen molar-refractivity contribution in [3.8, 4) is 5.75 Å². The minimum atomic E-state index is -0.817. The third-order valence-corrected chi connectivity index (χ3v) is 2.38. The molecule has 0 aliphatic rings. The Labute approximate surface area is 95.2 Å². The fraction of sp³-hybridized carbons (Fsp3) is 0.417. The van der Waals surface area contributed by atoms with Gasteiger partial charge in [-0.2, -0.15) is 0 Å². The summed E-state index contributed by atoms with van der Waals surface area (Å²) in [6, 6.07) is 7.40. The topological polar surface area (TPSA) is 58.6 Å². The predicted molar refractivity (Wildman–Crippen MR) is 62.9 cm³/mol. The van der Waals surface area contributed by atoms with Gasteiger partial charge in [-0.3, -0.25) is 4.79 Å². The number of carboxylic acid groups (broad SMARTS) is 1. The third-order valence-electron chi connectivity index (χ3n) is 2.38. The molecule has 0 fully saturated rings. The van der Waals surface area contributed by atoms with Crippen molar-refractivity contribution in [1.29, 1.82) is 0 Å². The molecule has 0 aromatic heterocycles. The fourth-order valence-corrected chi connectivity index (χ4v) is 1.13. The second kappa shape index (κ2) is 4.88. The molecule has 0 unspecified atom stereocenters. The van der Waals surface area contributed by atoms with Crippen LogP contribution < -0.4 is 10.1 Å². The Kier molecular flexibility index (Phi) is 3.77. The summed E-state index contributed by atoms with van der Waals surface area (Å²) in [5, 5.41) is 12.0. The lowest BCUT2D eigenvalue weighted by molar-refractivity contribution is -0.146. The fourth-order valence-electron chi connectivity index (χ4n) is 1.13. The van der Waals surface area contributed by atoms with Crippen molar-refractivity contribution in [3.63, 3.8) is 0 Å². The zero-order valence-corrected chi connectivity index (χ0v) is 9.78. The number of aliphatic carboxylic acids is 1. The molecule has 0 aliphatic heterocycles. The van der Waals surface area contributed by atoms with E-state index in [1.165, 1.54) is 0 Å². The zero-order valence-electron chi connectivity index (χ0n) is 9.78. The number of anilines is 1. The van der Waals surface area contributed by atoms with Gasteiger partial charge in [0.25, 0.3) is 0 Å². The summed E-state index contributed by atoms with van der Waals surface area (Å²) >= 11 is 0. The van der Waals surface area contributed by atoms with E-state index in [1.54, 1.807) is 21.0 Å². The molecule has 4 heteroatoms. The first-order valence-corrected chi connectivity index (χ1v) is 5.07. The number of nitrogens with one attached hydrogen (secondary N) is 1. The average Bonchev–Trinajstić information content (AvgIpc) is 2.26. The smallest absolute Gasteiger partial charge is 0.310 e. The van der Waals surface area contributed by atoms with Crippen LogP contribution in [0.2, 0.25) is 0 Å². The molecule has 16 heavy (non-hydrogen) atoms. The van der Waals surface area contributed by atoms with E-state index < -0.39 is 11.4 Å². The Hall–Kier alpha value is -1.71. The number of hydrogen-bond acceptors (Lipinski definition) is 3. The Morgan fingerprint density at radius 3 is 2.75 bits per heavy atom. The summed E-state index contributed by atoms with van der Waals surface area (Å²) in [7, 11) is 1.60. The molecule has 0 radical (unpaired) electrons. The SMILES string of the molecule is COc1cccc(NCC(C)(C)C(=O)O)c1. The van der Waals surface area contributed by atoms with E-state index in [4.69, 9.17) is 9.84 Å². The van der Waals surface area contributed by atoms with Crippen LogP contribution in [-0.2, 0) is 4.79 Å². The molecule has 1 aromatic rings. The third kappa shape index (κ3) is 3.15. The molecule has 0 atom stereocenters. The van der Waals surface area contributed by atoms with Crippen LogP contribution in [0.15, 0.2) is 24.3 Å². The molecule has 0 amide bonds. The van der Waals surface area contributed by atoms with E-state index in [0.29, 0.717) is 6.54 Å². The number of carbonyl (C=O) groups is 1. The summed E-state index contributed by atoms with van der Waals surface area (Å²) in [6.07, 6.45) is 0. The maximum atomic E-state index is 10.9. The van der Waals surface area contributed by atoms with E-state index in [1.807, 2.05) is 24.3 Å². The predicted octanol–water partition coefficient (Wildman–Crippen LogP) is 2.22. The first kappa shape index (κ1) is 12.4. The Bertz CT molecular complexity index is 374. The first-order valence-electron chi connectivity index (χ1n) is 5.07. The summed E-state index contributed by atoms with van der Waals surface area (Å²) in [5.41, 5.74) is 0.0666. The highest BCUT2D eigenvalue weighted by molar-refractivity contribution is 5.74. The molecule has 2 N–H and O–H groups in total. The number of carboxylic acids is 1. The van der Waals surface area contributed by atoms with Gasteiger partial charge in [0.2, 0.25) is 0 Å². The summed E-state index contributed by atoms with van der Waals surface area (Å²) < 4.78 is 5.08. The van der Waals surface area contributed by atoms with Crippen molar-refractivity contribution in [3.05, 3.63) is 24.3 Å². The number of methoxy groups -OCH3 is 1. The van der Waals surface area contributed by atoms with Crippen LogP contribution in [0.5, 0.6) is 5.75 Å². The molecule has 0 bridgehead atoms. The van der Waals surface area contributed by atoms with Gasteiger partial charge in [0.05, 0.1) is 12.5 Å². The maximum Gasteiger partial charge on any atom is 0.310 e. The standard InChI is InChI=1S/C12H17NO3/c1-12(2,11(14)15)8-13-9-5-4-6-10(7-9)16-3/h4-7,13H,8H2,1-3H3,(H,14,15). The Morgan fingerprint density at radius 1 is 1.50 bits per heavy atom. The van der Waals surface area contributed by atoms with Crippen molar-refractivity contribution in [1.82, 2.24) is 0 Å². The van der Waals surface area contributed by atoms with E-state index in [0.717, 1.165) is 11.4 Å². The molecule has 0 saturated carbocycles. The van der Waals surface area contributed by atoms with E-state index >= 15 is 0 Å². The summed E-state index contributed by atoms with van der Waals surface area (Å²) in [6.45, 7) is 3.74. The van der Waals surface area contributed by atoms with Crippen LogP contribution >= 0.6 is 0 Å². The monoisotopic (exact) mass is 223 g/mol. The number of rotatable bonds is 5. The molecule has 0 aliphatic carbocycles. The molecule has 88 valence electrons. The normalized spacial score (nSPS) is 10.9. The quantitative estimate of drug-likeness (QED) is 0.803. The Morgan fingerprint density at radius 2 is 2.19 bits per heavy atom. The van der Waals surface area contributed by atoms with E-state index in [9.17, 15) is 4.79 Å². The largest absolute Gasteiger partial charge is 0.497 e. The lowest BCUT2D eigenvalue weighted by Crippen LogP contribution is -2.31. The molecular formula is C12H17NO3. The highest BCUT2D eigenvalue weighted by Crippen LogP contribution is 2.20. The van der Waals surface area contributed by atoms with Gasteiger partial charge in [0.1, 0.15) is 5.75 Å². The molecule has 4 nitrogen and oxygen atoms in total. The van der Waals surface area contributed by atoms with E-state index in [2.05, 4.69) is 5.32 Å². The van der Waals surface area contributed by atoms with Crippen LogP contribution in [0.4, 0.5) is 5.69 Å². The van der Waals surface area contributed by atoms with Gasteiger partial charge in [-0.15, -0.1) is 0 Å². The van der Waals surface area contributed by atoms with Crippen LogP contribution in [0.3, 0.4) is 0 Å². The van der Waals surface area contributed by atoms with Gasteiger partial charge >= 0.3 is 5.97 Å². The first-order chi connectivity index (χ1) is 7.45. The van der Waals surface area contributed by atoms with Crippen molar-refractivity contribution in [2.24, 2.45) is 5.41 Å². The maximum absolute atomic E-state index is 10.9. The van der Waals surface area contributed by atoms with Crippen LogP contribution in [0.1, 0.15) is 13.8 Å². The molecule has 1 rings (SSSR count). The Balaban J connectivity index is 2.64. The highest BCUT2D eigenvalue weighted by Gasteiger charge is 2.26. The number of benzene rings is 1. The molecule has 0 heterocycles. The minimum Gasteiger partial charge on any atom is -0.497 e. The van der Waals surface area contributed by atoms with Gasteiger partial charge < -0.3 is 15.2 Å². The lowest BCUT2D eigenvalue weighted by atomic mass is 9.94. The molecule has 0 saturated heterocycles. The number of ether oxygens (including phenoxy) is 1. The van der Waals surface area contributed by atoms with Crippen molar-refractivity contribution < 1.29 is 14.6 Å². The van der Waals surface area contributed by atoms with E-state index in [-0.39, 0.29) is 0 Å². The van der Waals surface area contributed by atoms with Crippen LogP contribution in [-0.4, -0.2) is 24.7 Å². The van der Waals surface area contributed by atoms with Crippen LogP contribution in [0, 0.1) is 5.41 Å². The van der Waals surface area contributed by atoms with Crippen molar-refractivity contribution in [2.45, 2.75) is 13.8 Å². The summed E-state index contributed by atoms with van der Waals surface area (Å²) in [4.78, 5) is 10.9. The zero-order chi connectivity index (χ0) is 12.2. The number of hydrogen-bond donors (Lipinski definition) is 2. The highest BCUT2D eigenvalue weighted by atomic mass is 16.5. The van der Waals surface area contributed by atoms with Gasteiger partial charge in [-0.25, -0.2) is 0 Å². The van der Waals surface area contributed by atoms with Gasteiger partial charge in [0.15, 0.2) is 0 Å². The molecular weight excluding hydrogens is 206 g/mol. The van der Waals surface area contributed by atoms with Gasteiger partial charge in [0, 0.05) is 18.3 Å². The van der Waals surface area contributed by atoms with Crippen LogP contribution in [0.25, 0.3) is 0 Å². The van der Waals surface area contributed by atoms with Crippen molar-refractivity contribution in [2.75, 3.05) is 19.0 Å². The second-order valence-electron chi connectivity index (χ2n) is 4.27. The van der Waals surface area contributed by atoms with Crippen molar-refractivity contribution >= 4 is 11.7 Å². The average molecular weight is 223 g/mol. The molecule has 1 aromatic carbocycles.